The van der Waals surface area contributed by atoms with E-state index in [0.29, 0.717) is 0 Å². The van der Waals surface area contributed by atoms with Crippen molar-refractivity contribution in [2.75, 3.05) is 14.2 Å². The van der Waals surface area contributed by atoms with E-state index in [9.17, 15) is 9.59 Å². The van der Waals surface area contributed by atoms with Crippen LogP contribution in [0.1, 0.15) is 24.0 Å². The van der Waals surface area contributed by atoms with Crippen molar-refractivity contribution < 1.29 is 19.1 Å². The molecule has 8 heteroatoms. The van der Waals surface area contributed by atoms with E-state index in [1.165, 1.54) is 7.05 Å². The highest BCUT2D eigenvalue weighted by atomic mass is 35.5. The number of ether oxygens (including phenoxy) is 2. The van der Waals surface area contributed by atoms with Crippen LogP contribution in [0.15, 0.2) is 41.5 Å². The van der Waals surface area contributed by atoms with E-state index in [2.05, 4.69) is 5.10 Å². The van der Waals surface area contributed by atoms with Crippen LogP contribution in [-0.4, -0.2) is 36.6 Å². The second kappa shape index (κ2) is 8.20. The highest BCUT2D eigenvalue weighted by Gasteiger charge is 2.40. The predicted molar refractivity (Wildman–Crippen MR) is 107 cm³/mol. The van der Waals surface area contributed by atoms with Gasteiger partial charge in [-0.25, -0.2) is 5.01 Å². The van der Waals surface area contributed by atoms with Crippen LogP contribution in [0, 0.1) is 0 Å². The van der Waals surface area contributed by atoms with Gasteiger partial charge >= 0.3 is 0 Å². The third-order valence-electron chi connectivity index (χ3n) is 4.41. The molecular weight excluding hydrogens is 403 g/mol. The highest BCUT2D eigenvalue weighted by Crippen LogP contribution is 2.41. The Bertz CT molecular complexity index is 957. The number of hydrogen-bond donors (Lipinski definition) is 0. The molecule has 0 saturated carbocycles. The summed E-state index contributed by atoms with van der Waals surface area (Å²) in [5, 5.41) is 5.55. The van der Waals surface area contributed by atoms with Crippen LogP contribution < -0.4 is 9.47 Å². The van der Waals surface area contributed by atoms with Crippen molar-refractivity contribution in [2.24, 2.45) is 5.10 Å². The summed E-state index contributed by atoms with van der Waals surface area (Å²) in [5.74, 6) is -1.14. The summed E-state index contributed by atoms with van der Waals surface area (Å²) in [5.41, 5.74) is 1.32. The number of amides is 1. The Morgan fingerprint density at radius 2 is 1.71 bits per heavy atom. The first-order valence-corrected chi connectivity index (χ1v) is 9.19. The standard InChI is InChI=1S/C20H18Cl2N2O4/c1-11-18(25)17(20(26)24(2)23-11)16-14(21)8-9-15(22)19(16)28-10-12-4-6-13(27-3)7-5-12/h4-9,17H,10H2,1-3H3. The van der Waals surface area contributed by atoms with Crippen LogP contribution >= 0.6 is 23.2 Å². The number of Topliss-reactive ketones (excluding diaryl/α,β-unsaturated/α-hetero) is 1. The number of ketones is 1. The fourth-order valence-corrected chi connectivity index (χ4v) is 3.41. The van der Waals surface area contributed by atoms with E-state index in [0.717, 1.165) is 16.3 Å². The molecule has 28 heavy (non-hydrogen) atoms. The highest BCUT2D eigenvalue weighted by molar-refractivity contribution is 6.47. The van der Waals surface area contributed by atoms with Crippen molar-refractivity contribution in [3.63, 3.8) is 0 Å². The molecule has 0 saturated heterocycles. The lowest BCUT2D eigenvalue weighted by Gasteiger charge is -2.27. The molecule has 0 aromatic heterocycles. The van der Waals surface area contributed by atoms with Gasteiger partial charge in [-0.1, -0.05) is 35.3 Å². The molecule has 0 bridgehead atoms. The molecule has 1 aliphatic heterocycles. The van der Waals surface area contributed by atoms with E-state index < -0.39 is 17.6 Å². The number of methoxy groups -OCH3 is 1. The van der Waals surface area contributed by atoms with E-state index in [-0.39, 0.29) is 33.7 Å². The summed E-state index contributed by atoms with van der Waals surface area (Å²) in [6, 6.07) is 10.4. The number of hydrazone groups is 1. The molecule has 2 aromatic carbocycles. The van der Waals surface area contributed by atoms with Crippen LogP contribution in [0.2, 0.25) is 10.0 Å². The average Bonchev–Trinajstić information content (AvgIpc) is 2.69. The Morgan fingerprint density at radius 1 is 1.07 bits per heavy atom. The third-order valence-corrected chi connectivity index (χ3v) is 5.04. The molecule has 0 spiro atoms. The number of benzene rings is 2. The molecule has 6 nitrogen and oxygen atoms in total. The van der Waals surface area contributed by atoms with Gasteiger partial charge in [-0.05, 0) is 36.8 Å². The van der Waals surface area contributed by atoms with Crippen molar-refractivity contribution in [1.29, 1.82) is 0 Å². The first-order chi connectivity index (χ1) is 13.3. The summed E-state index contributed by atoms with van der Waals surface area (Å²) in [4.78, 5) is 25.4. The van der Waals surface area contributed by atoms with Gasteiger partial charge in [-0.3, -0.25) is 9.59 Å². The topological polar surface area (TPSA) is 68.2 Å². The summed E-state index contributed by atoms with van der Waals surface area (Å²) < 4.78 is 11.0. The summed E-state index contributed by atoms with van der Waals surface area (Å²) >= 11 is 12.7. The zero-order chi connectivity index (χ0) is 20.4. The predicted octanol–water partition coefficient (Wildman–Crippen LogP) is 4.08. The smallest absolute Gasteiger partial charge is 0.258 e. The monoisotopic (exact) mass is 420 g/mol. The minimum atomic E-state index is -1.15. The Morgan fingerprint density at radius 3 is 2.36 bits per heavy atom. The molecule has 1 heterocycles. The second-order valence-electron chi connectivity index (χ2n) is 6.25. The number of likely N-dealkylation sites (N-methyl/N-ethyl adjacent to an activating group) is 1. The molecule has 0 N–H and O–H groups in total. The maximum absolute atomic E-state index is 12.7. The summed E-state index contributed by atoms with van der Waals surface area (Å²) in [7, 11) is 3.08. The number of nitrogens with zero attached hydrogens (tertiary/aromatic N) is 2. The van der Waals surface area contributed by atoms with Gasteiger partial charge in [0.15, 0.2) is 5.78 Å². The largest absolute Gasteiger partial charge is 0.497 e. The van der Waals surface area contributed by atoms with Crippen LogP contribution in [0.5, 0.6) is 11.5 Å². The normalized spacial score (nSPS) is 16.8. The number of hydrogen-bond acceptors (Lipinski definition) is 5. The minimum Gasteiger partial charge on any atom is -0.497 e. The van der Waals surface area contributed by atoms with E-state index in [1.807, 2.05) is 24.3 Å². The average molecular weight is 421 g/mol. The van der Waals surface area contributed by atoms with E-state index in [1.54, 1.807) is 26.2 Å². The van der Waals surface area contributed by atoms with Gasteiger partial charge in [0.25, 0.3) is 5.91 Å². The van der Waals surface area contributed by atoms with E-state index in [4.69, 9.17) is 32.7 Å². The first kappa shape index (κ1) is 20.2. The van der Waals surface area contributed by atoms with Crippen LogP contribution in [0.4, 0.5) is 0 Å². The van der Waals surface area contributed by atoms with Crippen LogP contribution in [-0.2, 0) is 16.2 Å². The van der Waals surface area contributed by atoms with Gasteiger partial charge in [0.2, 0.25) is 0 Å². The van der Waals surface area contributed by atoms with Gasteiger partial charge in [0.1, 0.15) is 29.7 Å². The zero-order valence-corrected chi connectivity index (χ0v) is 17.0. The molecule has 1 amide bonds. The Balaban J connectivity index is 1.98. The molecule has 2 aromatic rings. The number of carbonyl (C=O) groups is 2. The van der Waals surface area contributed by atoms with E-state index >= 15 is 0 Å². The summed E-state index contributed by atoms with van der Waals surface area (Å²) in [6.07, 6.45) is 0. The van der Waals surface area contributed by atoms with Crippen LogP contribution in [0.3, 0.4) is 0 Å². The zero-order valence-electron chi connectivity index (χ0n) is 15.5. The molecular formula is C20H18Cl2N2O4. The molecule has 3 rings (SSSR count). The molecule has 1 aliphatic rings. The maximum Gasteiger partial charge on any atom is 0.258 e. The van der Waals surface area contributed by atoms with Crippen molar-refractivity contribution in [3.05, 3.63) is 57.6 Å². The minimum absolute atomic E-state index is 0.176. The number of rotatable bonds is 5. The van der Waals surface area contributed by atoms with Crippen molar-refractivity contribution in [2.45, 2.75) is 19.4 Å². The lowest BCUT2D eigenvalue weighted by atomic mass is 9.89. The van der Waals surface area contributed by atoms with Gasteiger partial charge in [-0.2, -0.15) is 5.10 Å². The van der Waals surface area contributed by atoms with Gasteiger partial charge in [-0.15, -0.1) is 0 Å². The van der Waals surface area contributed by atoms with Gasteiger partial charge in [0.05, 0.1) is 12.1 Å². The van der Waals surface area contributed by atoms with Crippen molar-refractivity contribution >= 4 is 40.6 Å². The quantitative estimate of drug-likeness (QED) is 0.683. The molecule has 0 aliphatic carbocycles. The molecule has 0 radical (unpaired) electrons. The maximum atomic E-state index is 12.7. The summed E-state index contributed by atoms with van der Waals surface area (Å²) in [6.45, 7) is 1.73. The number of carbonyl (C=O) groups excluding carboxylic acids is 2. The fourth-order valence-electron chi connectivity index (χ4n) is 2.93. The molecule has 1 atom stereocenters. The van der Waals surface area contributed by atoms with Crippen molar-refractivity contribution in [1.82, 2.24) is 5.01 Å². The third kappa shape index (κ3) is 3.84. The van der Waals surface area contributed by atoms with Gasteiger partial charge in [0, 0.05) is 17.6 Å². The lowest BCUT2D eigenvalue weighted by Crippen LogP contribution is -2.41. The lowest BCUT2D eigenvalue weighted by molar-refractivity contribution is -0.136. The molecule has 0 fully saturated rings. The molecule has 146 valence electrons. The Hall–Kier alpha value is -2.57. The molecule has 1 unspecified atom stereocenters. The second-order valence-corrected chi connectivity index (χ2v) is 7.07. The number of halogens is 2. The Kier molecular flexibility index (Phi) is 5.91. The Labute approximate surface area is 172 Å². The van der Waals surface area contributed by atoms with Gasteiger partial charge < -0.3 is 9.47 Å². The van der Waals surface area contributed by atoms with Crippen LogP contribution in [0.25, 0.3) is 0 Å². The van der Waals surface area contributed by atoms with Crippen molar-refractivity contribution in [3.8, 4) is 11.5 Å². The fraction of sp³-hybridized carbons (Fsp3) is 0.250. The first-order valence-electron chi connectivity index (χ1n) is 8.44. The SMILES string of the molecule is COc1ccc(COc2c(Cl)ccc(Cl)c2C2C(=O)C(C)=NN(C)C2=O)cc1.